The van der Waals surface area contributed by atoms with Gasteiger partial charge in [0.1, 0.15) is 5.69 Å². The van der Waals surface area contributed by atoms with Crippen LogP contribution in [0.5, 0.6) is 0 Å². The van der Waals surface area contributed by atoms with Crippen LogP contribution in [0.15, 0.2) is 24.4 Å². The Hall–Kier alpha value is -1.89. The average molecular weight is 292 g/mol. The summed E-state index contributed by atoms with van der Waals surface area (Å²) in [5.41, 5.74) is 1.49. The number of ether oxygens (including phenoxy) is 1. The number of rotatable bonds is 6. The molecule has 0 saturated heterocycles. The maximum Gasteiger partial charge on any atom is 0.361 e. The van der Waals surface area contributed by atoms with Gasteiger partial charge in [-0.25, -0.2) is 9.48 Å². The van der Waals surface area contributed by atoms with Gasteiger partial charge in [-0.2, -0.15) is 11.8 Å². The molecule has 20 heavy (non-hydrogen) atoms. The van der Waals surface area contributed by atoms with Crippen LogP contribution in [0.4, 0.5) is 0 Å². The molecule has 0 aromatic carbocycles. The molecule has 0 spiro atoms. The van der Waals surface area contributed by atoms with Crippen molar-refractivity contribution in [3.05, 3.63) is 30.1 Å². The van der Waals surface area contributed by atoms with Crippen LogP contribution < -0.4 is 0 Å². The Kier molecular flexibility index (Phi) is 5.11. The van der Waals surface area contributed by atoms with Gasteiger partial charge < -0.3 is 4.74 Å². The van der Waals surface area contributed by atoms with E-state index in [-0.39, 0.29) is 5.69 Å². The molecule has 0 radical (unpaired) electrons. The molecule has 2 rings (SSSR count). The summed E-state index contributed by atoms with van der Waals surface area (Å²) >= 11 is 1.70. The normalized spacial score (nSPS) is 10.5. The van der Waals surface area contributed by atoms with Crippen LogP contribution in [0, 0.1) is 0 Å². The van der Waals surface area contributed by atoms with Crippen LogP contribution in [0.1, 0.15) is 17.4 Å². The second-order valence-electron chi connectivity index (χ2n) is 3.94. The third-order valence-electron chi connectivity index (χ3n) is 2.62. The van der Waals surface area contributed by atoms with E-state index in [1.807, 2.05) is 24.5 Å². The number of carbonyl (C=O) groups excluding carboxylic acids is 1. The predicted octanol–water partition coefficient (Wildman–Crippen LogP) is 1.88. The van der Waals surface area contributed by atoms with Gasteiger partial charge in [0.25, 0.3) is 0 Å². The van der Waals surface area contributed by atoms with E-state index in [4.69, 9.17) is 4.74 Å². The van der Waals surface area contributed by atoms with Crippen molar-refractivity contribution in [1.82, 2.24) is 20.0 Å². The van der Waals surface area contributed by atoms with E-state index in [9.17, 15) is 4.79 Å². The van der Waals surface area contributed by atoms with E-state index in [0.717, 1.165) is 5.75 Å². The number of hydrogen-bond acceptors (Lipinski definition) is 6. The summed E-state index contributed by atoms with van der Waals surface area (Å²) < 4.78 is 6.72. The van der Waals surface area contributed by atoms with Gasteiger partial charge in [0.05, 0.1) is 18.8 Å². The Balaban J connectivity index is 2.43. The number of hydrogen-bond donors (Lipinski definition) is 0. The van der Waals surface area contributed by atoms with Gasteiger partial charge in [-0.3, -0.25) is 4.98 Å². The molecule has 2 aromatic rings. The quantitative estimate of drug-likeness (QED) is 0.757. The van der Waals surface area contributed by atoms with Crippen LogP contribution in [0.3, 0.4) is 0 Å². The highest BCUT2D eigenvalue weighted by molar-refractivity contribution is 7.98. The van der Waals surface area contributed by atoms with Crippen molar-refractivity contribution in [3.8, 4) is 11.4 Å². The molecule has 0 aliphatic heterocycles. The molecule has 0 amide bonds. The first kappa shape index (κ1) is 14.5. The second kappa shape index (κ2) is 7.04. The lowest BCUT2D eigenvalue weighted by Crippen LogP contribution is -2.09. The number of carbonyl (C=O) groups is 1. The minimum Gasteiger partial charge on any atom is -0.461 e. The summed E-state index contributed by atoms with van der Waals surface area (Å²) in [6.45, 7) is 2.73. The van der Waals surface area contributed by atoms with Gasteiger partial charge in [-0.15, -0.1) is 5.10 Å². The predicted molar refractivity (Wildman–Crippen MR) is 77.6 cm³/mol. The Bertz CT molecular complexity index is 571. The molecule has 0 aliphatic rings. The minimum atomic E-state index is -0.469. The van der Waals surface area contributed by atoms with Crippen LogP contribution in [-0.4, -0.2) is 44.6 Å². The van der Waals surface area contributed by atoms with E-state index in [1.165, 1.54) is 0 Å². The molecule has 0 atom stereocenters. The fraction of sp³-hybridized carbons (Fsp3) is 0.385. The maximum atomic E-state index is 12.0. The Morgan fingerprint density at radius 1 is 1.45 bits per heavy atom. The van der Waals surface area contributed by atoms with Gasteiger partial charge in [0.2, 0.25) is 0 Å². The molecular weight excluding hydrogens is 276 g/mol. The Morgan fingerprint density at radius 2 is 2.30 bits per heavy atom. The molecule has 0 aliphatic carbocycles. The number of pyridine rings is 1. The number of aromatic nitrogens is 4. The van der Waals surface area contributed by atoms with Crippen molar-refractivity contribution in [2.24, 2.45) is 0 Å². The van der Waals surface area contributed by atoms with Crippen molar-refractivity contribution in [2.45, 2.75) is 13.5 Å². The van der Waals surface area contributed by atoms with Gasteiger partial charge in [0, 0.05) is 11.9 Å². The summed E-state index contributed by atoms with van der Waals surface area (Å²) in [7, 11) is 0. The van der Waals surface area contributed by atoms with E-state index in [0.29, 0.717) is 24.5 Å². The molecule has 6 nitrogen and oxygen atoms in total. The number of thioether (sulfide) groups is 1. The fourth-order valence-corrected chi connectivity index (χ4v) is 2.10. The molecule has 0 bridgehead atoms. The smallest absolute Gasteiger partial charge is 0.361 e. The van der Waals surface area contributed by atoms with Gasteiger partial charge in [-0.05, 0) is 25.3 Å². The van der Waals surface area contributed by atoms with Gasteiger partial charge >= 0.3 is 5.97 Å². The molecule has 2 heterocycles. The third-order valence-corrected chi connectivity index (χ3v) is 3.21. The van der Waals surface area contributed by atoms with Crippen molar-refractivity contribution >= 4 is 17.7 Å². The summed E-state index contributed by atoms with van der Waals surface area (Å²) in [6, 6.07) is 5.52. The average Bonchev–Trinajstić information content (AvgIpc) is 2.90. The SMILES string of the molecule is CCOC(=O)c1nnn(CCSC)c1-c1ccccn1. The zero-order valence-electron chi connectivity index (χ0n) is 11.4. The van der Waals surface area contributed by atoms with E-state index in [1.54, 1.807) is 29.6 Å². The lowest BCUT2D eigenvalue weighted by atomic mass is 10.2. The summed E-state index contributed by atoms with van der Waals surface area (Å²) in [5.74, 6) is 0.411. The van der Waals surface area contributed by atoms with Crippen molar-refractivity contribution in [2.75, 3.05) is 18.6 Å². The fourth-order valence-electron chi connectivity index (χ4n) is 1.74. The van der Waals surface area contributed by atoms with Crippen LogP contribution in [0.2, 0.25) is 0 Å². The molecule has 7 heteroatoms. The van der Waals surface area contributed by atoms with E-state index < -0.39 is 5.97 Å². The molecular formula is C13H16N4O2S. The first-order chi connectivity index (χ1) is 9.77. The van der Waals surface area contributed by atoms with Crippen molar-refractivity contribution in [1.29, 1.82) is 0 Å². The first-order valence-corrected chi connectivity index (χ1v) is 7.68. The van der Waals surface area contributed by atoms with Crippen LogP contribution in [0.25, 0.3) is 11.4 Å². The standard InChI is InChI=1S/C13H16N4O2S/c1-3-19-13(18)11-12(10-6-4-5-7-14-10)17(16-15-11)8-9-20-2/h4-7H,3,8-9H2,1-2H3. The minimum absolute atomic E-state index is 0.214. The zero-order chi connectivity index (χ0) is 14.4. The number of aryl methyl sites for hydroxylation is 1. The highest BCUT2D eigenvalue weighted by Gasteiger charge is 2.22. The maximum absolute atomic E-state index is 12.0. The summed E-state index contributed by atoms with van der Waals surface area (Å²) in [5, 5.41) is 8.00. The van der Waals surface area contributed by atoms with E-state index >= 15 is 0 Å². The molecule has 2 aromatic heterocycles. The third kappa shape index (κ3) is 3.16. The molecule has 0 N–H and O–H groups in total. The van der Waals surface area contributed by atoms with E-state index in [2.05, 4.69) is 15.3 Å². The lowest BCUT2D eigenvalue weighted by Gasteiger charge is -2.06. The van der Waals surface area contributed by atoms with Gasteiger partial charge in [0.15, 0.2) is 5.69 Å². The summed E-state index contributed by atoms with van der Waals surface area (Å²) in [4.78, 5) is 16.2. The van der Waals surface area contributed by atoms with Gasteiger partial charge in [-0.1, -0.05) is 11.3 Å². The van der Waals surface area contributed by atoms with Crippen molar-refractivity contribution in [3.63, 3.8) is 0 Å². The van der Waals surface area contributed by atoms with Crippen LogP contribution in [-0.2, 0) is 11.3 Å². The molecule has 0 fully saturated rings. The topological polar surface area (TPSA) is 69.9 Å². The highest BCUT2D eigenvalue weighted by Crippen LogP contribution is 2.21. The Labute approximate surface area is 121 Å². The summed E-state index contributed by atoms with van der Waals surface area (Å²) in [6.07, 6.45) is 3.69. The Morgan fingerprint density at radius 3 is 2.95 bits per heavy atom. The zero-order valence-corrected chi connectivity index (χ0v) is 12.3. The van der Waals surface area contributed by atoms with Crippen LogP contribution >= 0.6 is 11.8 Å². The highest BCUT2D eigenvalue weighted by atomic mass is 32.2. The molecule has 0 saturated carbocycles. The largest absolute Gasteiger partial charge is 0.461 e. The number of esters is 1. The van der Waals surface area contributed by atoms with Crippen molar-refractivity contribution < 1.29 is 9.53 Å². The molecule has 0 unspecified atom stereocenters. The lowest BCUT2D eigenvalue weighted by molar-refractivity contribution is 0.0520. The molecule has 106 valence electrons. The monoisotopic (exact) mass is 292 g/mol. The first-order valence-electron chi connectivity index (χ1n) is 6.28. The number of nitrogens with zero attached hydrogens (tertiary/aromatic N) is 4. The second-order valence-corrected chi connectivity index (χ2v) is 4.92.